The molecule has 6 heteroatoms. The Morgan fingerprint density at radius 3 is 2.87 bits per heavy atom. The van der Waals surface area contributed by atoms with Crippen LogP contribution in [0.2, 0.25) is 0 Å². The lowest BCUT2D eigenvalue weighted by Crippen LogP contribution is -1.97. The molecule has 0 saturated heterocycles. The molecule has 1 aromatic heterocycles. The van der Waals surface area contributed by atoms with Crippen LogP contribution in [0.5, 0.6) is 5.88 Å². The maximum Gasteiger partial charge on any atom is 0.303 e. The van der Waals surface area contributed by atoms with E-state index in [1.807, 2.05) is 5.92 Å². The molecule has 0 unspecified atom stereocenters. The SMILES string of the molecule is COc1ccc([N+](=O)[O-])c(C#CC#N)n1. The van der Waals surface area contributed by atoms with Crippen LogP contribution in [0.1, 0.15) is 5.69 Å². The molecule has 1 aromatic rings. The van der Waals surface area contributed by atoms with Crippen molar-refractivity contribution in [1.29, 1.82) is 5.26 Å². The van der Waals surface area contributed by atoms with E-state index < -0.39 is 4.92 Å². The van der Waals surface area contributed by atoms with Crippen molar-refractivity contribution in [3.63, 3.8) is 0 Å². The number of ether oxygens (including phenoxy) is 1. The van der Waals surface area contributed by atoms with E-state index in [1.165, 1.54) is 19.2 Å². The summed E-state index contributed by atoms with van der Waals surface area (Å²) in [5, 5.41) is 18.8. The largest absolute Gasteiger partial charge is 0.481 e. The number of nitrogens with zero attached hydrogens (tertiary/aromatic N) is 3. The van der Waals surface area contributed by atoms with Gasteiger partial charge in [-0.15, -0.1) is 0 Å². The Morgan fingerprint density at radius 1 is 1.60 bits per heavy atom. The Balaban J connectivity index is 3.30. The minimum Gasteiger partial charge on any atom is -0.481 e. The quantitative estimate of drug-likeness (QED) is 0.404. The van der Waals surface area contributed by atoms with E-state index in [2.05, 4.69) is 10.9 Å². The summed E-state index contributed by atoms with van der Waals surface area (Å²) in [5.74, 6) is 4.53. The highest BCUT2D eigenvalue weighted by atomic mass is 16.6. The molecule has 0 aliphatic rings. The van der Waals surface area contributed by atoms with Crippen LogP contribution in [0.15, 0.2) is 12.1 Å². The topological polar surface area (TPSA) is 89.0 Å². The number of pyridine rings is 1. The molecule has 0 aliphatic heterocycles. The van der Waals surface area contributed by atoms with Gasteiger partial charge in [-0.2, -0.15) is 10.2 Å². The molecule has 1 rings (SSSR count). The summed E-state index contributed by atoms with van der Waals surface area (Å²) < 4.78 is 4.79. The summed E-state index contributed by atoms with van der Waals surface area (Å²) in [6.07, 6.45) is 0. The summed E-state index contributed by atoms with van der Waals surface area (Å²) in [5.41, 5.74) is -0.334. The molecule has 6 nitrogen and oxygen atoms in total. The van der Waals surface area contributed by atoms with Crippen LogP contribution >= 0.6 is 0 Å². The van der Waals surface area contributed by atoms with Gasteiger partial charge in [0.1, 0.15) is 0 Å². The Bertz CT molecular complexity index is 494. The zero-order chi connectivity index (χ0) is 11.3. The molecule has 0 radical (unpaired) electrons. The number of hydrogen-bond acceptors (Lipinski definition) is 5. The average molecular weight is 203 g/mol. The van der Waals surface area contributed by atoms with Crippen molar-refractivity contribution < 1.29 is 9.66 Å². The summed E-state index contributed by atoms with van der Waals surface area (Å²) in [6.45, 7) is 0. The van der Waals surface area contributed by atoms with Gasteiger partial charge >= 0.3 is 5.69 Å². The van der Waals surface area contributed by atoms with Crippen molar-refractivity contribution in [2.24, 2.45) is 0 Å². The fourth-order valence-corrected chi connectivity index (χ4v) is 0.874. The molecular formula is C9H5N3O3. The average Bonchev–Trinajstić information content (AvgIpc) is 2.25. The molecule has 0 saturated carbocycles. The lowest BCUT2D eigenvalue weighted by molar-refractivity contribution is -0.385. The molecular weight excluding hydrogens is 198 g/mol. The minimum absolute atomic E-state index is 0.0825. The Labute approximate surface area is 85.3 Å². The predicted octanol–water partition coefficient (Wildman–Crippen LogP) is 0.873. The number of aromatic nitrogens is 1. The van der Waals surface area contributed by atoms with Crippen molar-refractivity contribution in [2.75, 3.05) is 7.11 Å². The lowest BCUT2D eigenvalue weighted by Gasteiger charge is -1.98. The molecule has 0 N–H and O–H groups in total. The molecule has 74 valence electrons. The second-order valence-electron chi connectivity index (χ2n) is 2.34. The van der Waals surface area contributed by atoms with Crippen molar-refractivity contribution in [3.8, 4) is 23.8 Å². The maximum atomic E-state index is 10.6. The second-order valence-corrected chi connectivity index (χ2v) is 2.34. The Hall–Kier alpha value is -2.60. The number of rotatable bonds is 2. The fraction of sp³-hybridized carbons (Fsp3) is 0.111. The van der Waals surface area contributed by atoms with E-state index >= 15 is 0 Å². The predicted molar refractivity (Wildman–Crippen MR) is 49.9 cm³/mol. The first-order valence-corrected chi connectivity index (χ1v) is 3.78. The Kier molecular flexibility index (Phi) is 3.20. The molecule has 0 bridgehead atoms. The van der Waals surface area contributed by atoms with E-state index in [1.54, 1.807) is 6.07 Å². The standard InChI is InChI=1S/C9H5N3O3/c1-15-9-5-4-8(12(13)14)7(11-9)3-2-6-10/h4-5H,1H3. The second kappa shape index (κ2) is 4.58. The zero-order valence-corrected chi connectivity index (χ0v) is 7.72. The zero-order valence-electron chi connectivity index (χ0n) is 7.72. The van der Waals surface area contributed by atoms with E-state index in [4.69, 9.17) is 10.00 Å². The van der Waals surface area contributed by atoms with Crippen LogP contribution in [-0.2, 0) is 0 Å². The van der Waals surface area contributed by atoms with Gasteiger partial charge in [0.2, 0.25) is 5.88 Å². The highest BCUT2D eigenvalue weighted by Crippen LogP contribution is 2.18. The molecule has 0 amide bonds. The summed E-state index contributed by atoms with van der Waals surface area (Å²) in [6, 6.07) is 4.14. The summed E-state index contributed by atoms with van der Waals surface area (Å²) >= 11 is 0. The van der Waals surface area contributed by atoms with E-state index in [-0.39, 0.29) is 17.3 Å². The minimum atomic E-state index is -0.617. The third-order valence-corrected chi connectivity index (χ3v) is 1.49. The number of nitro groups is 1. The van der Waals surface area contributed by atoms with Gasteiger partial charge in [0.15, 0.2) is 11.8 Å². The maximum absolute atomic E-state index is 10.6. The van der Waals surface area contributed by atoms with Crippen LogP contribution in [-0.4, -0.2) is 17.0 Å². The number of nitriles is 1. The molecule has 0 fully saturated rings. The third-order valence-electron chi connectivity index (χ3n) is 1.49. The first kappa shape index (κ1) is 10.5. The van der Waals surface area contributed by atoms with Crippen LogP contribution in [0.25, 0.3) is 0 Å². The van der Waals surface area contributed by atoms with Gasteiger partial charge in [0, 0.05) is 18.1 Å². The number of methoxy groups -OCH3 is 1. The van der Waals surface area contributed by atoms with Crippen molar-refractivity contribution >= 4 is 5.69 Å². The van der Waals surface area contributed by atoms with E-state index in [0.717, 1.165) is 0 Å². The molecule has 0 aromatic carbocycles. The van der Waals surface area contributed by atoms with Gasteiger partial charge in [0.25, 0.3) is 0 Å². The van der Waals surface area contributed by atoms with Gasteiger partial charge in [-0.3, -0.25) is 10.1 Å². The molecule has 15 heavy (non-hydrogen) atoms. The highest BCUT2D eigenvalue weighted by Gasteiger charge is 2.14. The first-order chi connectivity index (χ1) is 7.19. The van der Waals surface area contributed by atoms with Crippen LogP contribution < -0.4 is 4.74 Å². The monoisotopic (exact) mass is 203 g/mol. The molecule has 0 spiro atoms. The third kappa shape index (κ3) is 2.42. The highest BCUT2D eigenvalue weighted by molar-refractivity contribution is 5.49. The van der Waals surface area contributed by atoms with Gasteiger partial charge in [-0.25, -0.2) is 0 Å². The number of hydrogen-bond donors (Lipinski definition) is 0. The van der Waals surface area contributed by atoms with Crippen molar-refractivity contribution in [1.82, 2.24) is 4.98 Å². The molecule has 0 atom stereocenters. The smallest absolute Gasteiger partial charge is 0.303 e. The van der Waals surface area contributed by atoms with Gasteiger partial charge in [-0.05, 0) is 5.92 Å². The van der Waals surface area contributed by atoms with Gasteiger partial charge in [0.05, 0.1) is 12.0 Å². The molecule has 1 heterocycles. The van der Waals surface area contributed by atoms with Crippen LogP contribution in [0.4, 0.5) is 5.69 Å². The van der Waals surface area contributed by atoms with Crippen molar-refractivity contribution in [3.05, 3.63) is 27.9 Å². The summed E-state index contributed by atoms with van der Waals surface area (Å²) in [4.78, 5) is 13.7. The van der Waals surface area contributed by atoms with Crippen LogP contribution in [0, 0.1) is 33.3 Å². The van der Waals surface area contributed by atoms with Crippen LogP contribution in [0.3, 0.4) is 0 Å². The normalized spacial score (nSPS) is 8.27. The van der Waals surface area contributed by atoms with E-state index in [0.29, 0.717) is 0 Å². The van der Waals surface area contributed by atoms with E-state index in [9.17, 15) is 10.1 Å². The van der Waals surface area contributed by atoms with Crippen molar-refractivity contribution in [2.45, 2.75) is 0 Å². The lowest BCUT2D eigenvalue weighted by atomic mass is 10.3. The van der Waals surface area contributed by atoms with Gasteiger partial charge in [-0.1, -0.05) is 0 Å². The molecule has 0 aliphatic carbocycles. The Morgan fingerprint density at radius 2 is 2.33 bits per heavy atom. The fourth-order valence-electron chi connectivity index (χ4n) is 0.874. The van der Waals surface area contributed by atoms with Gasteiger partial charge < -0.3 is 4.74 Å². The first-order valence-electron chi connectivity index (χ1n) is 3.78. The summed E-state index contributed by atoms with van der Waals surface area (Å²) in [7, 11) is 1.38.